The van der Waals surface area contributed by atoms with E-state index in [0.717, 1.165) is 5.65 Å². The molecule has 0 atom stereocenters. The Morgan fingerprint density at radius 3 is 2.96 bits per heavy atom. The average molecular weight is 339 g/mol. The first-order chi connectivity index (χ1) is 12.1. The van der Waals surface area contributed by atoms with Crippen molar-refractivity contribution in [1.29, 1.82) is 0 Å². The number of amides is 1. The number of carbonyl (C=O) groups is 1. The molecule has 1 aliphatic rings. The minimum absolute atomic E-state index is 0.00650. The molecule has 0 bridgehead atoms. The Morgan fingerprint density at radius 2 is 2.12 bits per heavy atom. The van der Waals surface area contributed by atoms with Crippen LogP contribution in [-0.4, -0.2) is 27.4 Å². The number of halogens is 1. The van der Waals surface area contributed by atoms with Gasteiger partial charge in [0.1, 0.15) is 29.0 Å². The first-order valence-corrected chi connectivity index (χ1v) is 8.26. The number of nitrogens with one attached hydrogen (secondary N) is 1. The number of fused-ring (bicyclic) bond motifs is 1. The summed E-state index contributed by atoms with van der Waals surface area (Å²) in [6, 6.07) is 10.5. The van der Waals surface area contributed by atoms with Crippen LogP contribution in [0.3, 0.4) is 0 Å². The summed E-state index contributed by atoms with van der Waals surface area (Å²) >= 11 is 0. The van der Waals surface area contributed by atoms with Crippen molar-refractivity contribution in [2.75, 3.05) is 0 Å². The van der Waals surface area contributed by atoms with E-state index in [9.17, 15) is 9.18 Å². The molecule has 1 aliphatic carbocycles. The van der Waals surface area contributed by atoms with E-state index in [-0.39, 0.29) is 23.9 Å². The van der Waals surface area contributed by atoms with E-state index in [2.05, 4.69) is 10.3 Å². The fourth-order valence-corrected chi connectivity index (χ4v) is 3.03. The summed E-state index contributed by atoms with van der Waals surface area (Å²) in [6.45, 7) is 1.70. The zero-order valence-corrected chi connectivity index (χ0v) is 13.8. The Balaban J connectivity index is 1.35. The second-order valence-corrected chi connectivity index (χ2v) is 6.32. The average Bonchev–Trinajstić information content (AvgIpc) is 3.01. The topological polar surface area (TPSA) is 55.6 Å². The molecular weight excluding hydrogens is 321 g/mol. The van der Waals surface area contributed by atoms with Gasteiger partial charge in [-0.3, -0.25) is 9.20 Å². The SMILES string of the molecule is Cc1c(F)cccc1O[C@H]1C[C@H](NC(=O)c2cnc3ccccn23)C1. The summed E-state index contributed by atoms with van der Waals surface area (Å²) in [4.78, 5) is 16.6. The number of pyridine rings is 1. The Bertz CT molecular complexity index is 931. The molecule has 1 N–H and O–H groups in total. The number of aromatic nitrogens is 2. The highest BCUT2D eigenvalue weighted by atomic mass is 19.1. The minimum Gasteiger partial charge on any atom is -0.490 e. The van der Waals surface area contributed by atoms with E-state index in [4.69, 9.17) is 4.74 Å². The van der Waals surface area contributed by atoms with E-state index in [1.807, 2.05) is 24.4 Å². The van der Waals surface area contributed by atoms with Gasteiger partial charge in [-0.25, -0.2) is 9.37 Å². The van der Waals surface area contributed by atoms with Crippen LogP contribution in [0.1, 0.15) is 28.9 Å². The van der Waals surface area contributed by atoms with Crippen molar-refractivity contribution >= 4 is 11.6 Å². The Labute approximate surface area is 144 Å². The van der Waals surface area contributed by atoms with Gasteiger partial charge in [0.25, 0.3) is 5.91 Å². The van der Waals surface area contributed by atoms with Gasteiger partial charge in [-0.05, 0) is 31.2 Å². The van der Waals surface area contributed by atoms with Crippen LogP contribution >= 0.6 is 0 Å². The van der Waals surface area contributed by atoms with E-state index in [0.29, 0.717) is 29.8 Å². The van der Waals surface area contributed by atoms with Crippen LogP contribution in [0.4, 0.5) is 4.39 Å². The summed E-state index contributed by atoms with van der Waals surface area (Å²) in [5.41, 5.74) is 1.77. The zero-order chi connectivity index (χ0) is 17.4. The van der Waals surface area contributed by atoms with Gasteiger partial charge < -0.3 is 10.1 Å². The van der Waals surface area contributed by atoms with Gasteiger partial charge in [-0.2, -0.15) is 0 Å². The Morgan fingerprint density at radius 1 is 1.28 bits per heavy atom. The summed E-state index contributed by atoms with van der Waals surface area (Å²) in [6.07, 6.45) is 4.80. The standard InChI is InChI=1S/C19H18FN3O2/c1-12-15(20)5-4-6-17(12)25-14-9-13(10-14)22-19(24)16-11-21-18-7-2-3-8-23(16)18/h2-8,11,13-14H,9-10H2,1H3,(H,22,24)/t13-,14-. The first-order valence-electron chi connectivity index (χ1n) is 8.26. The molecule has 5 nitrogen and oxygen atoms in total. The van der Waals surface area contributed by atoms with Crippen molar-refractivity contribution in [2.24, 2.45) is 0 Å². The van der Waals surface area contributed by atoms with E-state index < -0.39 is 0 Å². The highest BCUT2D eigenvalue weighted by molar-refractivity contribution is 5.93. The zero-order valence-electron chi connectivity index (χ0n) is 13.8. The molecule has 25 heavy (non-hydrogen) atoms. The molecule has 1 amide bonds. The number of nitrogens with zero attached hydrogens (tertiary/aromatic N) is 2. The minimum atomic E-state index is -0.269. The molecule has 128 valence electrons. The smallest absolute Gasteiger partial charge is 0.270 e. The lowest BCUT2D eigenvalue weighted by atomic mass is 9.89. The first kappa shape index (κ1) is 15.6. The van der Waals surface area contributed by atoms with Crippen molar-refractivity contribution in [3.63, 3.8) is 0 Å². The third-order valence-electron chi connectivity index (χ3n) is 4.59. The molecule has 2 aromatic heterocycles. The van der Waals surface area contributed by atoms with Crippen LogP contribution in [0, 0.1) is 12.7 Å². The second kappa shape index (κ2) is 6.20. The molecule has 2 heterocycles. The molecule has 4 rings (SSSR count). The molecule has 0 aliphatic heterocycles. The van der Waals surface area contributed by atoms with Crippen LogP contribution < -0.4 is 10.1 Å². The highest BCUT2D eigenvalue weighted by Gasteiger charge is 2.33. The quantitative estimate of drug-likeness (QED) is 0.794. The van der Waals surface area contributed by atoms with Crippen molar-refractivity contribution in [1.82, 2.24) is 14.7 Å². The fourth-order valence-electron chi connectivity index (χ4n) is 3.03. The van der Waals surface area contributed by atoms with Gasteiger partial charge in [0.05, 0.1) is 6.20 Å². The Kier molecular flexibility index (Phi) is 3.87. The van der Waals surface area contributed by atoms with Gasteiger partial charge in [0, 0.05) is 30.6 Å². The summed E-state index contributed by atoms with van der Waals surface area (Å²) in [7, 11) is 0. The Hall–Kier alpha value is -2.89. The van der Waals surface area contributed by atoms with Gasteiger partial charge in [0.15, 0.2) is 0 Å². The van der Waals surface area contributed by atoms with Crippen LogP contribution in [-0.2, 0) is 0 Å². The van der Waals surface area contributed by atoms with Crippen molar-refractivity contribution in [3.8, 4) is 5.75 Å². The maximum Gasteiger partial charge on any atom is 0.270 e. The summed E-state index contributed by atoms with van der Waals surface area (Å²) in [5, 5.41) is 3.00. The van der Waals surface area contributed by atoms with Crippen LogP contribution in [0.25, 0.3) is 5.65 Å². The molecule has 0 saturated heterocycles. The van der Waals surface area contributed by atoms with Crippen molar-refractivity contribution in [3.05, 3.63) is 65.9 Å². The molecule has 0 unspecified atom stereocenters. The number of benzene rings is 1. The molecule has 6 heteroatoms. The number of carbonyl (C=O) groups excluding carboxylic acids is 1. The van der Waals surface area contributed by atoms with Crippen LogP contribution in [0.2, 0.25) is 0 Å². The van der Waals surface area contributed by atoms with Gasteiger partial charge >= 0.3 is 0 Å². The van der Waals surface area contributed by atoms with E-state index in [1.165, 1.54) is 6.07 Å². The fraction of sp³-hybridized carbons (Fsp3) is 0.263. The predicted octanol–water partition coefficient (Wildman–Crippen LogP) is 3.12. The van der Waals surface area contributed by atoms with Gasteiger partial charge in [-0.15, -0.1) is 0 Å². The van der Waals surface area contributed by atoms with Gasteiger partial charge in [-0.1, -0.05) is 12.1 Å². The molecular formula is C19H18FN3O2. The van der Waals surface area contributed by atoms with Crippen LogP contribution in [0.5, 0.6) is 5.75 Å². The molecule has 0 radical (unpaired) electrons. The number of rotatable bonds is 4. The maximum absolute atomic E-state index is 13.5. The van der Waals surface area contributed by atoms with Crippen LogP contribution in [0.15, 0.2) is 48.8 Å². The monoisotopic (exact) mass is 339 g/mol. The van der Waals surface area contributed by atoms with E-state index in [1.54, 1.807) is 29.7 Å². The molecule has 0 spiro atoms. The highest BCUT2D eigenvalue weighted by Crippen LogP contribution is 2.29. The number of hydrogen-bond acceptors (Lipinski definition) is 3. The summed E-state index contributed by atoms with van der Waals surface area (Å²) < 4.78 is 21.1. The van der Waals surface area contributed by atoms with Gasteiger partial charge in [0.2, 0.25) is 0 Å². The third kappa shape index (κ3) is 2.95. The van der Waals surface area contributed by atoms with Crippen molar-refractivity contribution < 1.29 is 13.9 Å². The lowest BCUT2D eigenvalue weighted by molar-refractivity contribution is 0.0692. The van der Waals surface area contributed by atoms with E-state index >= 15 is 0 Å². The molecule has 1 fully saturated rings. The maximum atomic E-state index is 13.5. The predicted molar refractivity (Wildman–Crippen MR) is 91.2 cm³/mol. The third-order valence-corrected chi connectivity index (χ3v) is 4.59. The normalized spacial score (nSPS) is 19.4. The van der Waals surface area contributed by atoms with Crippen molar-refractivity contribution in [2.45, 2.75) is 31.9 Å². The molecule has 3 aromatic rings. The lowest BCUT2D eigenvalue weighted by Gasteiger charge is -2.36. The molecule has 1 aromatic carbocycles. The molecule has 1 saturated carbocycles. The largest absolute Gasteiger partial charge is 0.490 e. The lowest BCUT2D eigenvalue weighted by Crippen LogP contribution is -2.49. The second-order valence-electron chi connectivity index (χ2n) is 6.32. The summed E-state index contributed by atoms with van der Waals surface area (Å²) in [5.74, 6) is 0.148. The number of imidazole rings is 1. The number of hydrogen-bond donors (Lipinski definition) is 1. The number of ether oxygens (including phenoxy) is 1.